The van der Waals surface area contributed by atoms with E-state index in [-0.39, 0.29) is 27.8 Å². The second kappa shape index (κ2) is 16.7. The molecule has 226 valence electrons. The summed E-state index contributed by atoms with van der Waals surface area (Å²) < 4.78 is 58.0. The van der Waals surface area contributed by atoms with Crippen molar-refractivity contribution in [1.29, 1.82) is 0 Å². The highest BCUT2D eigenvalue weighted by Crippen LogP contribution is 2.25. The summed E-state index contributed by atoms with van der Waals surface area (Å²) >= 11 is 6.08. The van der Waals surface area contributed by atoms with Crippen molar-refractivity contribution in [3.63, 3.8) is 0 Å². The molecule has 4 aromatic rings. The third kappa shape index (κ3) is 10.3. The summed E-state index contributed by atoms with van der Waals surface area (Å²) in [6, 6.07) is 15.8. The summed E-state index contributed by atoms with van der Waals surface area (Å²) in [5.74, 6) is -1.81. The second-order valence-electron chi connectivity index (χ2n) is 8.13. The van der Waals surface area contributed by atoms with Crippen LogP contribution in [0, 0.1) is 0 Å². The first kappa shape index (κ1) is 34.5. The highest BCUT2D eigenvalue weighted by molar-refractivity contribution is 9.10. The monoisotopic (exact) mass is 722 g/mol. The van der Waals surface area contributed by atoms with Gasteiger partial charge in [-0.15, -0.1) is 10.2 Å². The third-order valence-electron chi connectivity index (χ3n) is 5.19. The molecule has 11 nitrogen and oxygen atoms in total. The van der Waals surface area contributed by atoms with Gasteiger partial charge in [0.15, 0.2) is 21.0 Å². The van der Waals surface area contributed by atoms with Gasteiger partial charge in [0.2, 0.25) is 0 Å². The Morgan fingerprint density at radius 1 is 0.833 bits per heavy atom. The molecule has 2 aromatic carbocycles. The average molecular weight is 724 g/mol. The number of ether oxygens (including phenoxy) is 1. The van der Waals surface area contributed by atoms with Crippen LogP contribution < -0.4 is 0 Å². The molecule has 2 heterocycles. The van der Waals surface area contributed by atoms with Gasteiger partial charge in [-0.25, -0.2) is 27.0 Å². The number of benzene rings is 2. The van der Waals surface area contributed by atoms with E-state index in [4.69, 9.17) is 14.9 Å². The zero-order chi connectivity index (χ0) is 31.4. The summed E-state index contributed by atoms with van der Waals surface area (Å²) in [7, 11) is 3.11. The summed E-state index contributed by atoms with van der Waals surface area (Å²) in [6.45, 7) is 0. The zero-order valence-electron chi connectivity index (χ0n) is 21.9. The Labute approximate surface area is 253 Å². The molecule has 42 heavy (non-hydrogen) atoms. The van der Waals surface area contributed by atoms with E-state index >= 15 is 0 Å². The van der Waals surface area contributed by atoms with Crippen LogP contribution in [0.5, 0.6) is 0 Å². The summed E-state index contributed by atoms with van der Waals surface area (Å²) in [5.41, 5.74) is 1.02. The number of esters is 1. The maximum Gasteiger partial charge on any atom is 0.357 e. The minimum Gasteiger partial charge on any atom is -0.476 e. The SMILES string of the molecule is Cn1nnc(Br)c1C(=O)O.Cn1nnc(Br)c1CC(=O)O[C@@H](c1ccccc1)C(F)F.O[C@@H](c1ccccc1)C(F)F. The number of aromatic carboxylic acids is 1. The summed E-state index contributed by atoms with van der Waals surface area (Å²) in [6.07, 6.45) is -8.95. The molecule has 0 amide bonds. The van der Waals surface area contributed by atoms with E-state index in [1.165, 1.54) is 40.7 Å². The van der Waals surface area contributed by atoms with Gasteiger partial charge >= 0.3 is 11.9 Å². The Bertz CT molecular complexity index is 1390. The minimum atomic E-state index is -2.80. The standard InChI is InChI=1S/C13H12BrF2N3O2.C8H8F2O.C4H4BrN3O2/c1-19-9(12(14)17-18-19)7-10(20)21-11(13(15)16)8-5-3-2-4-6-8;9-8(10)7(11)6-4-2-1-3-5-6;1-8-2(4(9)10)3(5)6-7-8/h2-6,11,13H,7H2,1H3;1-5,7-8,11H;1H3,(H,9,10)/t11-;7-;/m00./s1. The number of hydrogen-bond donors (Lipinski definition) is 2. The number of alkyl halides is 4. The Balaban J connectivity index is 0.000000246. The number of aromatic nitrogens is 6. The quantitative estimate of drug-likeness (QED) is 0.191. The van der Waals surface area contributed by atoms with E-state index in [9.17, 15) is 27.2 Å². The number of aliphatic hydroxyl groups excluding tert-OH is 1. The van der Waals surface area contributed by atoms with Crippen LogP contribution in [0.2, 0.25) is 0 Å². The lowest BCUT2D eigenvalue weighted by Crippen LogP contribution is -2.20. The Hall–Kier alpha value is -3.70. The molecule has 2 N–H and O–H groups in total. The number of aryl methyl sites for hydroxylation is 2. The first-order valence-electron chi connectivity index (χ1n) is 11.7. The molecule has 4 rings (SSSR count). The molecular weight excluding hydrogens is 700 g/mol. The summed E-state index contributed by atoms with van der Waals surface area (Å²) in [5, 5.41) is 31.7. The normalized spacial score (nSPS) is 12.1. The van der Waals surface area contributed by atoms with Gasteiger partial charge < -0.3 is 14.9 Å². The van der Waals surface area contributed by atoms with Crippen LogP contribution in [0.15, 0.2) is 69.9 Å². The van der Waals surface area contributed by atoms with Gasteiger partial charge in [-0.2, -0.15) is 0 Å². The predicted octanol–water partition coefficient (Wildman–Crippen LogP) is 4.93. The Morgan fingerprint density at radius 2 is 1.33 bits per heavy atom. The van der Waals surface area contributed by atoms with Crippen LogP contribution in [-0.2, 0) is 30.0 Å². The number of halogens is 6. The molecule has 0 aliphatic carbocycles. The number of carboxylic acids is 1. The Morgan fingerprint density at radius 3 is 1.71 bits per heavy atom. The van der Waals surface area contributed by atoms with Crippen LogP contribution in [0.25, 0.3) is 0 Å². The maximum atomic E-state index is 13.1. The van der Waals surface area contributed by atoms with E-state index in [1.807, 2.05) is 0 Å². The molecule has 0 unspecified atom stereocenters. The van der Waals surface area contributed by atoms with Crippen LogP contribution in [0.4, 0.5) is 17.6 Å². The number of carbonyl (C=O) groups excluding carboxylic acids is 1. The molecule has 2 atom stereocenters. The lowest BCUT2D eigenvalue weighted by Gasteiger charge is -2.17. The number of carbonyl (C=O) groups is 2. The van der Waals surface area contributed by atoms with E-state index in [2.05, 4.69) is 52.5 Å². The van der Waals surface area contributed by atoms with Crippen LogP contribution in [0.3, 0.4) is 0 Å². The molecular formula is C25H24Br2F4N6O5. The van der Waals surface area contributed by atoms with Gasteiger partial charge in [-0.3, -0.25) is 9.48 Å². The van der Waals surface area contributed by atoms with Gasteiger partial charge in [-0.05, 0) is 43.0 Å². The second-order valence-corrected chi connectivity index (χ2v) is 9.63. The number of aliphatic hydroxyl groups is 1. The van der Waals surface area contributed by atoms with Crippen molar-refractivity contribution < 1.29 is 42.1 Å². The van der Waals surface area contributed by atoms with Crippen LogP contribution >= 0.6 is 31.9 Å². The van der Waals surface area contributed by atoms with E-state index in [1.54, 1.807) is 43.4 Å². The molecule has 0 saturated carbocycles. The number of hydrogen-bond acceptors (Lipinski definition) is 8. The van der Waals surface area contributed by atoms with Gasteiger partial charge in [-0.1, -0.05) is 71.1 Å². The average Bonchev–Trinajstić information content (AvgIpc) is 3.47. The lowest BCUT2D eigenvalue weighted by atomic mass is 10.1. The first-order chi connectivity index (χ1) is 19.8. The predicted molar refractivity (Wildman–Crippen MR) is 147 cm³/mol. The van der Waals surface area contributed by atoms with Crippen molar-refractivity contribution in [3.8, 4) is 0 Å². The van der Waals surface area contributed by atoms with Crippen molar-refractivity contribution in [2.45, 2.75) is 31.5 Å². The third-order valence-corrected chi connectivity index (χ3v) is 6.34. The smallest absolute Gasteiger partial charge is 0.357 e. The molecule has 2 aromatic heterocycles. The minimum absolute atomic E-state index is 0.0556. The van der Waals surface area contributed by atoms with Gasteiger partial charge in [0.1, 0.15) is 6.10 Å². The fourth-order valence-corrected chi connectivity index (χ4v) is 4.09. The molecule has 0 saturated heterocycles. The first-order valence-corrected chi connectivity index (χ1v) is 13.3. The lowest BCUT2D eigenvalue weighted by molar-refractivity contribution is -0.157. The highest BCUT2D eigenvalue weighted by Gasteiger charge is 2.27. The molecule has 17 heteroatoms. The van der Waals surface area contributed by atoms with Crippen molar-refractivity contribution in [2.24, 2.45) is 14.1 Å². The fourth-order valence-electron chi connectivity index (χ4n) is 3.12. The number of carboxylic acid groups (broad SMARTS) is 1. The van der Waals surface area contributed by atoms with Gasteiger partial charge in [0.05, 0.1) is 12.1 Å². The van der Waals surface area contributed by atoms with Gasteiger partial charge in [0, 0.05) is 14.1 Å². The molecule has 0 spiro atoms. The van der Waals surface area contributed by atoms with Crippen molar-refractivity contribution in [1.82, 2.24) is 30.0 Å². The van der Waals surface area contributed by atoms with Crippen LogP contribution in [0.1, 0.15) is 39.5 Å². The molecule has 0 fully saturated rings. The maximum absolute atomic E-state index is 13.1. The van der Waals surface area contributed by atoms with Crippen molar-refractivity contribution in [3.05, 3.63) is 92.4 Å². The number of rotatable bonds is 8. The van der Waals surface area contributed by atoms with Crippen molar-refractivity contribution in [2.75, 3.05) is 0 Å². The Kier molecular flexibility index (Phi) is 13.7. The van der Waals surface area contributed by atoms with E-state index < -0.39 is 37.0 Å². The fraction of sp³-hybridized carbons (Fsp3) is 0.280. The zero-order valence-corrected chi connectivity index (χ0v) is 25.0. The number of nitrogens with zero attached hydrogens (tertiary/aromatic N) is 6. The van der Waals surface area contributed by atoms with Crippen LogP contribution in [-0.4, -0.2) is 65.0 Å². The molecule has 0 aliphatic rings. The highest BCUT2D eigenvalue weighted by atomic mass is 79.9. The van der Waals surface area contributed by atoms with Gasteiger partial charge in [0.25, 0.3) is 12.9 Å². The van der Waals surface area contributed by atoms with E-state index in [0.717, 1.165) is 0 Å². The summed E-state index contributed by atoms with van der Waals surface area (Å²) in [4.78, 5) is 22.2. The largest absolute Gasteiger partial charge is 0.476 e. The van der Waals surface area contributed by atoms with Crippen molar-refractivity contribution >= 4 is 43.8 Å². The molecule has 0 radical (unpaired) electrons. The topological polar surface area (TPSA) is 145 Å². The van der Waals surface area contributed by atoms with E-state index in [0.29, 0.717) is 10.3 Å². The molecule has 0 bridgehead atoms. The molecule has 0 aliphatic heterocycles.